The number of nitrogens with two attached hydrogens (primary N) is 1. The molecule has 0 spiro atoms. The number of hydrogen-bond donors (Lipinski definition) is 2. The van der Waals surface area contributed by atoms with Gasteiger partial charge in [-0.1, -0.05) is 23.2 Å². The highest BCUT2D eigenvalue weighted by Gasteiger charge is 2.43. The van der Waals surface area contributed by atoms with Crippen LogP contribution in [0.4, 0.5) is 19.0 Å². The Morgan fingerprint density at radius 3 is 2.81 bits per heavy atom. The number of anilines is 1. The standard InChI is InChI=1S/C21H20Cl2F3N5O/c1-11(18-14(22)2-3-15(24)19(18)23)32-16-6-12(7-29-20(16)27)13-8-30-31(9-13)10-17-21(25,26)4-5-28-17/h2-3,6-9,11,17,28H,4-5,10H2,1H3,(H2,27,29)/t11-,17+/m1/s1. The largest absolute Gasteiger partial charge is 0.482 e. The Balaban J connectivity index is 1.55. The average molecular weight is 486 g/mol. The molecule has 170 valence electrons. The molecule has 11 heteroatoms. The monoisotopic (exact) mass is 485 g/mol. The second kappa shape index (κ2) is 8.80. The molecule has 1 fully saturated rings. The maximum atomic E-state index is 13.9. The maximum Gasteiger partial charge on any atom is 0.266 e. The summed E-state index contributed by atoms with van der Waals surface area (Å²) in [5.41, 5.74) is 7.51. The van der Waals surface area contributed by atoms with Crippen LogP contribution >= 0.6 is 23.2 Å². The SMILES string of the molecule is C[C@@H](Oc1cc(-c2cnn(C[C@@H]3NCCC3(F)F)c2)cnc1N)c1c(Cl)ccc(F)c1Cl. The Bertz CT molecular complexity index is 1140. The minimum absolute atomic E-state index is 0.0341. The number of alkyl halides is 2. The smallest absolute Gasteiger partial charge is 0.266 e. The Morgan fingerprint density at radius 2 is 2.09 bits per heavy atom. The number of nitrogen functional groups attached to an aromatic ring is 1. The van der Waals surface area contributed by atoms with Crippen LogP contribution < -0.4 is 15.8 Å². The van der Waals surface area contributed by atoms with Gasteiger partial charge in [0.25, 0.3) is 5.92 Å². The summed E-state index contributed by atoms with van der Waals surface area (Å²) in [5, 5.41) is 7.11. The molecular formula is C21H20Cl2F3N5O. The van der Waals surface area contributed by atoms with Gasteiger partial charge < -0.3 is 15.8 Å². The molecule has 32 heavy (non-hydrogen) atoms. The molecule has 0 saturated carbocycles. The molecule has 0 aliphatic carbocycles. The highest BCUT2D eigenvalue weighted by molar-refractivity contribution is 6.36. The second-order valence-corrected chi connectivity index (χ2v) is 8.38. The first-order valence-corrected chi connectivity index (χ1v) is 10.6. The summed E-state index contributed by atoms with van der Waals surface area (Å²) in [6.45, 7) is 1.96. The first-order valence-electron chi connectivity index (χ1n) is 9.85. The number of benzene rings is 1. The maximum absolute atomic E-state index is 13.9. The van der Waals surface area contributed by atoms with Crippen LogP contribution in [-0.4, -0.2) is 33.3 Å². The van der Waals surface area contributed by atoms with Gasteiger partial charge in [0.15, 0.2) is 11.6 Å². The van der Waals surface area contributed by atoms with E-state index in [1.165, 1.54) is 23.0 Å². The van der Waals surface area contributed by atoms with Crippen LogP contribution in [0, 0.1) is 5.82 Å². The Labute approximate surface area is 192 Å². The molecule has 3 heterocycles. The van der Waals surface area contributed by atoms with E-state index in [1.54, 1.807) is 25.4 Å². The lowest BCUT2D eigenvalue weighted by molar-refractivity contribution is -0.0164. The fourth-order valence-electron chi connectivity index (χ4n) is 3.61. The summed E-state index contributed by atoms with van der Waals surface area (Å²) in [6, 6.07) is 3.24. The topological polar surface area (TPSA) is 78.0 Å². The molecule has 1 aliphatic heterocycles. The third-order valence-corrected chi connectivity index (χ3v) is 6.08. The molecule has 2 atom stereocenters. The highest BCUT2D eigenvalue weighted by Crippen LogP contribution is 2.37. The van der Waals surface area contributed by atoms with Crippen molar-refractivity contribution in [1.82, 2.24) is 20.1 Å². The minimum Gasteiger partial charge on any atom is -0.482 e. The summed E-state index contributed by atoms with van der Waals surface area (Å²) in [7, 11) is 0. The number of nitrogens with one attached hydrogen (secondary N) is 1. The van der Waals surface area contributed by atoms with E-state index in [9.17, 15) is 13.2 Å². The third kappa shape index (κ3) is 4.51. The van der Waals surface area contributed by atoms with Crippen LogP contribution in [0.5, 0.6) is 5.75 Å². The normalized spacial score (nSPS) is 18.6. The van der Waals surface area contributed by atoms with E-state index in [2.05, 4.69) is 15.4 Å². The van der Waals surface area contributed by atoms with E-state index in [1.807, 2.05) is 0 Å². The van der Waals surface area contributed by atoms with E-state index in [-0.39, 0.29) is 46.7 Å². The summed E-state index contributed by atoms with van der Waals surface area (Å²) >= 11 is 12.2. The lowest BCUT2D eigenvalue weighted by Gasteiger charge is -2.19. The minimum atomic E-state index is -2.77. The van der Waals surface area contributed by atoms with Gasteiger partial charge in [-0.3, -0.25) is 4.68 Å². The van der Waals surface area contributed by atoms with E-state index in [0.717, 1.165) is 0 Å². The Morgan fingerprint density at radius 1 is 1.31 bits per heavy atom. The Hall–Kier alpha value is -2.49. The molecule has 0 radical (unpaired) electrons. The summed E-state index contributed by atoms with van der Waals surface area (Å²) in [5.74, 6) is -3.03. The van der Waals surface area contributed by atoms with E-state index in [0.29, 0.717) is 11.1 Å². The molecule has 4 rings (SSSR count). The van der Waals surface area contributed by atoms with Gasteiger partial charge in [0.1, 0.15) is 11.9 Å². The molecule has 3 aromatic rings. The van der Waals surface area contributed by atoms with E-state index < -0.39 is 23.9 Å². The van der Waals surface area contributed by atoms with Crippen molar-refractivity contribution < 1.29 is 17.9 Å². The van der Waals surface area contributed by atoms with Crippen molar-refractivity contribution in [1.29, 1.82) is 0 Å². The molecule has 0 bridgehead atoms. The predicted octanol–water partition coefficient (Wildman–Crippen LogP) is 5.11. The van der Waals surface area contributed by atoms with Gasteiger partial charge in [0.05, 0.1) is 23.8 Å². The van der Waals surface area contributed by atoms with Crippen LogP contribution in [0.1, 0.15) is 25.0 Å². The number of ether oxygens (including phenoxy) is 1. The molecular weight excluding hydrogens is 466 g/mol. The number of rotatable bonds is 6. The van der Waals surface area contributed by atoms with Crippen molar-refractivity contribution in [2.75, 3.05) is 12.3 Å². The molecule has 3 N–H and O–H groups in total. The molecule has 0 amide bonds. The zero-order valence-electron chi connectivity index (χ0n) is 17.0. The first kappa shape index (κ1) is 22.7. The zero-order chi connectivity index (χ0) is 23.0. The molecule has 1 aliphatic rings. The van der Waals surface area contributed by atoms with Gasteiger partial charge in [-0.2, -0.15) is 5.10 Å². The summed E-state index contributed by atoms with van der Waals surface area (Å²) in [6.07, 6.45) is 3.82. The van der Waals surface area contributed by atoms with Crippen LogP contribution in [-0.2, 0) is 6.54 Å². The quantitative estimate of drug-likeness (QED) is 0.474. The predicted molar refractivity (Wildman–Crippen MR) is 117 cm³/mol. The van der Waals surface area contributed by atoms with E-state index in [4.69, 9.17) is 33.7 Å². The number of nitrogens with zero attached hydrogens (tertiary/aromatic N) is 3. The van der Waals surface area contributed by atoms with Gasteiger partial charge >= 0.3 is 0 Å². The van der Waals surface area contributed by atoms with Crippen molar-refractivity contribution in [3.05, 3.63) is 58.2 Å². The van der Waals surface area contributed by atoms with Crippen molar-refractivity contribution >= 4 is 29.0 Å². The fourth-order valence-corrected chi connectivity index (χ4v) is 4.28. The number of hydrogen-bond acceptors (Lipinski definition) is 5. The van der Waals surface area contributed by atoms with Crippen LogP contribution in [0.3, 0.4) is 0 Å². The van der Waals surface area contributed by atoms with Gasteiger partial charge in [0, 0.05) is 47.1 Å². The van der Waals surface area contributed by atoms with Crippen LogP contribution in [0.25, 0.3) is 11.1 Å². The van der Waals surface area contributed by atoms with Gasteiger partial charge in [-0.25, -0.2) is 18.2 Å². The average Bonchev–Trinajstić information content (AvgIpc) is 3.33. The molecule has 0 unspecified atom stereocenters. The molecule has 1 aromatic carbocycles. The van der Waals surface area contributed by atoms with Gasteiger partial charge in [-0.15, -0.1) is 0 Å². The summed E-state index contributed by atoms with van der Waals surface area (Å²) in [4.78, 5) is 4.14. The lowest BCUT2D eigenvalue weighted by atomic mass is 10.1. The number of pyridine rings is 1. The highest BCUT2D eigenvalue weighted by atomic mass is 35.5. The fraction of sp³-hybridized carbons (Fsp3) is 0.333. The van der Waals surface area contributed by atoms with Gasteiger partial charge in [-0.05, 0) is 25.1 Å². The first-order chi connectivity index (χ1) is 15.2. The second-order valence-electron chi connectivity index (χ2n) is 7.59. The van der Waals surface area contributed by atoms with Gasteiger partial charge in [0.2, 0.25) is 0 Å². The summed E-state index contributed by atoms with van der Waals surface area (Å²) < 4.78 is 49.0. The molecule has 6 nitrogen and oxygen atoms in total. The number of halogens is 5. The van der Waals surface area contributed by atoms with Crippen LogP contribution in [0.15, 0.2) is 36.8 Å². The van der Waals surface area contributed by atoms with Crippen molar-refractivity contribution in [2.24, 2.45) is 0 Å². The number of aromatic nitrogens is 3. The third-order valence-electron chi connectivity index (χ3n) is 5.37. The van der Waals surface area contributed by atoms with Crippen molar-refractivity contribution in [3.8, 4) is 16.9 Å². The molecule has 1 saturated heterocycles. The van der Waals surface area contributed by atoms with Crippen molar-refractivity contribution in [2.45, 2.75) is 38.0 Å². The lowest BCUT2D eigenvalue weighted by Crippen LogP contribution is -2.39. The Kier molecular flexibility index (Phi) is 6.24. The van der Waals surface area contributed by atoms with Crippen LogP contribution in [0.2, 0.25) is 10.0 Å². The van der Waals surface area contributed by atoms with Crippen molar-refractivity contribution in [3.63, 3.8) is 0 Å². The molecule has 2 aromatic heterocycles. The zero-order valence-corrected chi connectivity index (χ0v) is 18.5. The van der Waals surface area contributed by atoms with E-state index >= 15 is 0 Å².